The van der Waals surface area contributed by atoms with Gasteiger partial charge in [-0.1, -0.05) is 36.4 Å². The van der Waals surface area contributed by atoms with Gasteiger partial charge in [0.1, 0.15) is 0 Å². The lowest BCUT2D eigenvalue weighted by Gasteiger charge is -2.08. The summed E-state index contributed by atoms with van der Waals surface area (Å²) >= 11 is 1.62. The molecule has 0 fully saturated rings. The molecule has 0 saturated carbocycles. The Morgan fingerprint density at radius 1 is 1.13 bits per heavy atom. The average molecular weight is 217 g/mol. The Kier molecular flexibility index (Phi) is 4.03. The molecule has 0 bridgehead atoms. The average Bonchev–Trinajstić information content (AvgIpc) is 2.32. The van der Waals surface area contributed by atoms with Gasteiger partial charge in [0.2, 0.25) is 0 Å². The zero-order chi connectivity index (χ0) is 10.3. The minimum Gasteiger partial charge on any atom is -0.219 e. The van der Waals surface area contributed by atoms with E-state index in [1.54, 1.807) is 11.9 Å². The summed E-state index contributed by atoms with van der Waals surface area (Å²) in [5, 5.41) is 0. The van der Waals surface area contributed by atoms with E-state index in [2.05, 4.69) is 22.6 Å². The molecule has 0 heterocycles. The number of hydrogen-bond donors (Lipinski definition) is 0. The minimum absolute atomic E-state index is 1.17. The summed E-state index contributed by atoms with van der Waals surface area (Å²) in [4.78, 5) is 1.42. The van der Waals surface area contributed by atoms with Gasteiger partial charge in [-0.2, -0.15) is 0 Å². The molecule has 0 amide bonds. The molecule has 1 aromatic carbocycles. The molecule has 0 radical (unpaired) electrons. The summed E-state index contributed by atoms with van der Waals surface area (Å²) in [5.74, 6) is 0. The van der Waals surface area contributed by atoms with Gasteiger partial charge in [-0.25, -0.2) is 4.40 Å². The maximum atomic E-state index is 4.39. The fourth-order valence-electron chi connectivity index (χ4n) is 1.59. The van der Waals surface area contributed by atoms with Crippen molar-refractivity contribution in [1.29, 1.82) is 0 Å². The Morgan fingerprint density at radius 3 is 2.73 bits per heavy atom. The van der Waals surface area contributed by atoms with Crippen LogP contribution in [0, 0.1) is 0 Å². The van der Waals surface area contributed by atoms with Gasteiger partial charge in [0.05, 0.1) is 0 Å². The van der Waals surface area contributed by atoms with Crippen LogP contribution in [0.15, 0.2) is 45.7 Å². The zero-order valence-corrected chi connectivity index (χ0v) is 9.54. The van der Waals surface area contributed by atoms with Crippen molar-refractivity contribution in [2.24, 2.45) is 4.40 Å². The molecule has 1 aromatic rings. The second-order valence-corrected chi connectivity index (χ2v) is 4.57. The van der Waals surface area contributed by atoms with Gasteiger partial charge in [-0.05, 0) is 31.2 Å². The lowest BCUT2D eigenvalue weighted by Crippen LogP contribution is -1.86. The number of nitrogens with zero attached hydrogens (tertiary/aromatic N) is 1. The van der Waals surface area contributed by atoms with Crippen molar-refractivity contribution >= 4 is 18.2 Å². The summed E-state index contributed by atoms with van der Waals surface area (Å²) < 4.78 is 4.39. The highest BCUT2D eigenvalue weighted by atomic mass is 32.2. The minimum atomic E-state index is 1.17. The Morgan fingerprint density at radius 2 is 2.00 bits per heavy atom. The molecule has 0 unspecified atom stereocenters. The second kappa shape index (κ2) is 5.76. The van der Waals surface area contributed by atoms with E-state index < -0.39 is 0 Å². The van der Waals surface area contributed by atoms with Gasteiger partial charge in [0, 0.05) is 23.1 Å². The van der Waals surface area contributed by atoms with Crippen molar-refractivity contribution in [3.8, 4) is 0 Å². The SMILES string of the molecule is C1=C(S/N=C/c2ccccc2)CCCC1. The molecule has 15 heavy (non-hydrogen) atoms. The summed E-state index contributed by atoms with van der Waals surface area (Å²) in [6.07, 6.45) is 9.34. The summed E-state index contributed by atoms with van der Waals surface area (Å²) in [7, 11) is 0. The molecule has 0 atom stereocenters. The van der Waals surface area contributed by atoms with Gasteiger partial charge in [0.15, 0.2) is 0 Å². The molecule has 0 spiro atoms. The van der Waals surface area contributed by atoms with Crippen LogP contribution >= 0.6 is 11.9 Å². The van der Waals surface area contributed by atoms with E-state index in [0.717, 1.165) is 0 Å². The molecular formula is C13H15NS. The number of allylic oxidation sites excluding steroid dienone is 2. The normalized spacial score (nSPS) is 16.7. The summed E-state index contributed by atoms with van der Waals surface area (Å²) in [6, 6.07) is 10.2. The topological polar surface area (TPSA) is 12.4 Å². The molecule has 0 aliphatic heterocycles. The van der Waals surface area contributed by atoms with Gasteiger partial charge in [-0.3, -0.25) is 0 Å². The number of hydrogen-bond acceptors (Lipinski definition) is 2. The van der Waals surface area contributed by atoms with Gasteiger partial charge in [0.25, 0.3) is 0 Å². The maximum absolute atomic E-state index is 4.39. The van der Waals surface area contributed by atoms with Gasteiger partial charge < -0.3 is 0 Å². The van der Waals surface area contributed by atoms with Crippen LogP contribution in [0.3, 0.4) is 0 Å². The first-order chi connectivity index (χ1) is 7.45. The van der Waals surface area contributed by atoms with Crippen molar-refractivity contribution in [3.05, 3.63) is 46.9 Å². The van der Waals surface area contributed by atoms with Crippen molar-refractivity contribution < 1.29 is 0 Å². The van der Waals surface area contributed by atoms with Gasteiger partial charge >= 0.3 is 0 Å². The quantitative estimate of drug-likeness (QED) is 0.545. The van der Waals surface area contributed by atoms with E-state index in [4.69, 9.17) is 0 Å². The van der Waals surface area contributed by atoms with Crippen molar-refractivity contribution in [2.75, 3.05) is 0 Å². The van der Waals surface area contributed by atoms with Gasteiger partial charge in [-0.15, -0.1) is 0 Å². The molecule has 0 N–H and O–H groups in total. The summed E-state index contributed by atoms with van der Waals surface area (Å²) in [6.45, 7) is 0. The molecular weight excluding hydrogens is 202 g/mol. The molecule has 1 aliphatic carbocycles. The van der Waals surface area contributed by atoms with E-state index >= 15 is 0 Å². The predicted octanol–water partition coefficient (Wildman–Crippen LogP) is 4.21. The highest BCUT2D eigenvalue weighted by Gasteiger charge is 2.02. The van der Waals surface area contributed by atoms with E-state index in [0.29, 0.717) is 0 Å². The monoisotopic (exact) mass is 217 g/mol. The smallest absolute Gasteiger partial charge is 0.0427 e. The van der Waals surface area contributed by atoms with Crippen LogP contribution in [0.25, 0.3) is 0 Å². The van der Waals surface area contributed by atoms with Crippen LogP contribution in [0.4, 0.5) is 0 Å². The van der Waals surface area contributed by atoms with E-state index in [1.165, 1.54) is 36.2 Å². The van der Waals surface area contributed by atoms with E-state index in [1.807, 2.05) is 24.4 Å². The highest BCUT2D eigenvalue weighted by Crippen LogP contribution is 2.27. The molecule has 1 aliphatic rings. The third-order valence-corrected chi connectivity index (χ3v) is 3.24. The molecule has 2 rings (SSSR count). The van der Waals surface area contributed by atoms with Crippen LogP contribution in [-0.2, 0) is 0 Å². The van der Waals surface area contributed by atoms with Crippen molar-refractivity contribution in [1.82, 2.24) is 0 Å². The number of benzene rings is 1. The molecule has 2 heteroatoms. The van der Waals surface area contributed by atoms with Crippen molar-refractivity contribution in [3.63, 3.8) is 0 Å². The van der Waals surface area contributed by atoms with Crippen molar-refractivity contribution in [2.45, 2.75) is 25.7 Å². The predicted molar refractivity (Wildman–Crippen MR) is 68.2 cm³/mol. The standard InChI is InChI=1S/C13H15NS/c1-3-7-12(8-4-1)11-14-15-13-9-5-2-6-10-13/h1,3-4,7-9,11H,2,5-6,10H2/b14-11+. The van der Waals surface area contributed by atoms with Crippen LogP contribution in [0.5, 0.6) is 0 Å². The third-order valence-electron chi connectivity index (χ3n) is 2.42. The molecule has 78 valence electrons. The third kappa shape index (κ3) is 3.56. The fraction of sp³-hybridized carbons (Fsp3) is 0.308. The van der Waals surface area contributed by atoms with Crippen LogP contribution in [-0.4, -0.2) is 6.21 Å². The Bertz CT molecular complexity index is 354. The fourth-order valence-corrected chi connectivity index (χ4v) is 2.32. The van der Waals surface area contributed by atoms with Crippen LogP contribution in [0.1, 0.15) is 31.2 Å². The Balaban J connectivity index is 1.87. The molecule has 1 nitrogen and oxygen atoms in total. The summed E-state index contributed by atoms with van der Waals surface area (Å²) in [5.41, 5.74) is 1.17. The molecule has 0 aromatic heterocycles. The molecule has 0 saturated heterocycles. The van der Waals surface area contributed by atoms with E-state index in [9.17, 15) is 0 Å². The van der Waals surface area contributed by atoms with E-state index in [-0.39, 0.29) is 0 Å². The van der Waals surface area contributed by atoms with Crippen LogP contribution in [0.2, 0.25) is 0 Å². The first kappa shape index (κ1) is 10.5. The number of rotatable bonds is 3. The first-order valence-electron chi connectivity index (χ1n) is 5.39. The Hall–Kier alpha value is -1.02. The zero-order valence-electron chi connectivity index (χ0n) is 8.73. The first-order valence-corrected chi connectivity index (χ1v) is 6.17. The Labute approximate surface area is 95.4 Å². The largest absolute Gasteiger partial charge is 0.219 e. The van der Waals surface area contributed by atoms with Crippen LogP contribution < -0.4 is 0 Å². The lowest BCUT2D eigenvalue weighted by atomic mass is 10.1. The maximum Gasteiger partial charge on any atom is 0.0427 e. The second-order valence-electron chi connectivity index (χ2n) is 3.65. The lowest BCUT2D eigenvalue weighted by molar-refractivity contribution is 0.723. The highest BCUT2D eigenvalue weighted by molar-refractivity contribution is 8.01.